The van der Waals surface area contributed by atoms with Crippen molar-refractivity contribution in [2.24, 2.45) is 0 Å². The molecule has 0 aliphatic heterocycles. The van der Waals surface area contributed by atoms with Gasteiger partial charge in [0.15, 0.2) is 5.13 Å². The van der Waals surface area contributed by atoms with Crippen molar-refractivity contribution in [3.63, 3.8) is 0 Å². The van der Waals surface area contributed by atoms with Gasteiger partial charge in [-0.2, -0.15) is 0 Å². The van der Waals surface area contributed by atoms with Crippen molar-refractivity contribution in [1.29, 1.82) is 0 Å². The minimum absolute atomic E-state index is 0.168. The van der Waals surface area contributed by atoms with Crippen LogP contribution in [0.1, 0.15) is 24.9 Å². The predicted octanol–water partition coefficient (Wildman–Crippen LogP) is 4.32. The molecule has 3 aromatic rings. The second kappa shape index (κ2) is 5.76. The Morgan fingerprint density at radius 2 is 2.30 bits per heavy atom. The molecule has 0 bridgehead atoms. The summed E-state index contributed by atoms with van der Waals surface area (Å²) in [5, 5.41) is 7.37. The fourth-order valence-electron chi connectivity index (χ4n) is 1.92. The highest BCUT2D eigenvalue weighted by Gasteiger charge is 2.11. The number of nitrogens with one attached hydrogen (secondary N) is 1. The number of fused-ring (bicyclic) bond motifs is 1. The number of aromatic nitrogens is 2. The van der Waals surface area contributed by atoms with E-state index in [2.05, 4.69) is 22.2 Å². The minimum Gasteiger partial charge on any atom is -0.494 e. The zero-order valence-electron chi connectivity index (χ0n) is 11.3. The van der Waals surface area contributed by atoms with Crippen molar-refractivity contribution in [2.45, 2.75) is 19.9 Å². The number of nitrogens with zero attached hydrogens (tertiary/aromatic N) is 2. The van der Waals surface area contributed by atoms with Gasteiger partial charge in [-0.25, -0.2) is 9.97 Å². The lowest BCUT2D eigenvalue weighted by atomic mass is 10.3. The molecular formula is C14H15N3OS2. The summed E-state index contributed by atoms with van der Waals surface area (Å²) >= 11 is 3.29. The van der Waals surface area contributed by atoms with Crippen LogP contribution in [0, 0.1) is 0 Å². The van der Waals surface area contributed by atoms with Crippen LogP contribution < -0.4 is 10.1 Å². The first-order valence-electron chi connectivity index (χ1n) is 6.45. The number of hydrogen-bond donors (Lipinski definition) is 1. The van der Waals surface area contributed by atoms with Gasteiger partial charge >= 0.3 is 0 Å². The van der Waals surface area contributed by atoms with E-state index in [1.807, 2.05) is 36.7 Å². The van der Waals surface area contributed by atoms with Gasteiger partial charge in [-0.3, -0.25) is 0 Å². The number of thiazole rings is 2. The Morgan fingerprint density at radius 3 is 3.05 bits per heavy atom. The van der Waals surface area contributed by atoms with E-state index in [-0.39, 0.29) is 6.04 Å². The van der Waals surface area contributed by atoms with Crippen LogP contribution in [-0.2, 0) is 0 Å². The molecule has 6 heteroatoms. The number of rotatable bonds is 5. The van der Waals surface area contributed by atoms with Gasteiger partial charge in [-0.05, 0) is 32.0 Å². The SMILES string of the molecule is CCOc1ccc2nc(NC(C)c3nccs3)sc2c1. The number of hydrogen-bond acceptors (Lipinski definition) is 6. The van der Waals surface area contributed by atoms with E-state index in [0.29, 0.717) is 6.61 Å². The number of benzene rings is 1. The van der Waals surface area contributed by atoms with E-state index in [4.69, 9.17) is 4.74 Å². The van der Waals surface area contributed by atoms with E-state index in [1.165, 1.54) is 0 Å². The maximum atomic E-state index is 5.51. The van der Waals surface area contributed by atoms with Crippen LogP contribution >= 0.6 is 22.7 Å². The van der Waals surface area contributed by atoms with Gasteiger partial charge in [0.25, 0.3) is 0 Å². The molecule has 1 aromatic carbocycles. The fraction of sp³-hybridized carbons (Fsp3) is 0.286. The normalized spacial score (nSPS) is 12.5. The maximum Gasteiger partial charge on any atom is 0.184 e. The van der Waals surface area contributed by atoms with Crippen LogP contribution in [0.2, 0.25) is 0 Å². The molecule has 0 aliphatic carbocycles. The quantitative estimate of drug-likeness (QED) is 0.762. The summed E-state index contributed by atoms with van der Waals surface area (Å²) in [6, 6.07) is 6.16. The standard InChI is InChI=1S/C14H15N3OS2/c1-3-18-10-4-5-11-12(8-10)20-14(17-11)16-9(2)13-15-6-7-19-13/h4-9H,3H2,1-2H3,(H,16,17). The zero-order chi connectivity index (χ0) is 13.9. The summed E-state index contributed by atoms with van der Waals surface area (Å²) in [6.07, 6.45) is 1.82. The van der Waals surface area contributed by atoms with E-state index in [1.54, 1.807) is 22.7 Å². The lowest BCUT2D eigenvalue weighted by molar-refractivity contribution is 0.341. The van der Waals surface area contributed by atoms with Gasteiger partial charge in [0.2, 0.25) is 0 Å². The lowest BCUT2D eigenvalue weighted by Gasteiger charge is -2.08. The first-order chi connectivity index (χ1) is 9.76. The topological polar surface area (TPSA) is 47.0 Å². The van der Waals surface area contributed by atoms with Crippen molar-refractivity contribution < 1.29 is 4.74 Å². The second-order valence-electron chi connectivity index (χ2n) is 4.32. The van der Waals surface area contributed by atoms with Gasteiger partial charge in [-0.15, -0.1) is 11.3 Å². The first kappa shape index (κ1) is 13.3. The highest BCUT2D eigenvalue weighted by molar-refractivity contribution is 7.22. The minimum atomic E-state index is 0.168. The Kier molecular flexibility index (Phi) is 3.84. The van der Waals surface area contributed by atoms with Crippen LogP contribution in [0.5, 0.6) is 5.75 Å². The summed E-state index contributed by atoms with van der Waals surface area (Å²) in [4.78, 5) is 8.91. The summed E-state index contributed by atoms with van der Waals surface area (Å²) < 4.78 is 6.64. The molecule has 0 saturated carbocycles. The van der Waals surface area contributed by atoms with Crippen molar-refractivity contribution in [3.8, 4) is 5.75 Å². The second-order valence-corrected chi connectivity index (χ2v) is 6.27. The molecule has 104 valence electrons. The van der Waals surface area contributed by atoms with Crippen LogP contribution in [0.25, 0.3) is 10.2 Å². The molecule has 0 spiro atoms. The average Bonchev–Trinajstić information content (AvgIpc) is 3.06. The fourth-order valence-corrected chi connectivity index (χ4v) is 3.55. The number of anilines is 1. The van der Waals surface area contributed by atoms with Gasteiger partial charge in [0.05, 0.1) is 22.9 Å². The van der Waals surface area contributed by atoms with Crippen LogP contribution in [0.3, 0.4) is 0 Å². The van der Waals surface area contributed by atoms with Gasteiger partial charge in [0.1, 0.15) is 10.8 Å². The zero-order valence-corrected chi connectivity index (χ0v) is 12.9. The van der Waals surface area contributed by atoms with Crippen LogP contribution in [0.15, 0.2) is 29.8 Å². The van der Waals surface area contributed by atoms with Gasteiger partial charge in [-0.1, -0.05) is 11.3 Å². The summed E-state index contributed by atoms with van der Waals surface area (Å²) in [6.45, 7) is 4.76. The largest absolute Gasteiger partial charge is 0.494 e. The molecule has 0 fully saturated rings. The predicted molar refractivity (Wildman–Crippen MR) is 84.9 cm³/mol. The molecule has 2 heterocycles. The summed E-state index contributed by atoms with van der Waals surface area (Å²) in [5.74, 6) is 0.892. The maximum absolute atomic E-state index is 5.51. The Balaban J connectivity index is 1.82. The monoisotopic (exact) mass is 305 g/mol. The van der Waals surface area contributed by atoms with Gasteiger partial charge < -0.3 is 10.1 Å². The smallest absolute Gasteiger partial charge is 0.184 e. The summed E-state index contributed by atoms with van der Waals surface area (Å²) in [7, 11) is 0. The molecule has 0 radical (unpaired) electrons. The van der Waals surface area contributed by atoms with E-state index in [0.717, 1.165) is 26.1 Å². The highest BCUT2D eigenvalue weighted by Crippen LogP contribution is 2.31. The van der Waals surface area contributed by atoms with Crippen LogP contribution in [0.4, 0.5) is 5.13 Å². The average molecular weight is 305 g/mol. The van der Waals surface area contributed by atoms with E-state index < -0.39 is 0 Å². The lowest BCUT2D eigenvalue weighted by Crippen LogP contribution is -2.05. The molecule has 1 unspecified atom stereocenters. The number of ether oxygens (including phenoxy) is 1. The summed E-state index contributed by atoms with van der Waals surface area (Å²) in [5.41, 5.74) is 0.993. The Hall–Kier alpha value is -1.66. The van der Waals surface area contributed by atoms with Crippen molar-refractivity contribution in [1.82, 2.24) is 9.97 Å². The molecule has 0 aliphatic rings. The molecule has 3 rings (SSSR count). The Bertz CT molecular complexity index is 694. The van der Waals surface area contributed by atoms with Gasteiger partial charge in [0, 0.05) is 11.6 Å². The van der Waals surface area contributed by atoms with Crippen LogP contribution in [-0.4, -0.2) is 16.6 Å². The molecular weight excluding hydrogens is 290 g/mol. The van der Waals surface area contributed by atoms with E-state index >= 15 is 0 Å². The van der Waals surface area contributed by atoms with E-state index in [9.17, 15) is 0 Å². The molecule has 2 aromatic heterocycles. The first-order valence-corrected chi connectivity index (χ1v) is 8.15. The molecule has 0 amide bonds. The Morgan fingerprint density at radius 1 is 1.40 bits per heavy atom. The third kappa shape index (κ3) is 2.76. The molecule has 1 N–H and O–H groups in total. The molecule has 1 atom stereocenters. The molecule has 20 heavy (non-hydrogen) atoms. The van der Waals surface area contributed by atoms with Crippen molar-refractivity contribution in [3.05, 3.63) is 34.8 Å². The third-order valence-corrected chi connectivity index (χ3v) is 4.74. The van der Waals surface area contributed by atoms with Crippen molar-refractivity contribution >= 4 is 38.0 Å². The Labute approximate surface area is 125 Å². The third-order valence-electron chi connectivity index (χ3n) is 2.83. The molecule has 0 saturated heterocycles. The highest BCUT2D eigenvalue weighted by atomic mass is 32.1. The van der Waals surface area contributed by atoms with Crippen molar-refractivity contribution in [2.75, 3.05) is 11.9 Å². The molecule has 4 nitrogen and oxygen atoms in total.